The number of rotatable bonds is 20. The lowest BCUT2D eigenvalue weighted by Crippen LogP contribution is -2.18. The van der Waals surface area contributed by atoms with Crippen molar-refractivity contribution in [2.75, 3.05) is 40.5 Å². The number of benzene rings is 4. The minimum absolute atomic E-state index is 0.0324. The molecule has 11 nitrogen and oxygen atoms in total. The fourth-order valence-corrected chi connectivity index (χ4v) is 6.34. The summed E-state index contributed by atoms with van der Waals surface area (Å²) < 4.78 is 30.3. The van der Waals surface area contributed by atoms with Crippen LogP contribution in [0.2, 0.25) is 0 Å². The van der Waals surface area contributed by atoms with E-state index in [0.29, 0.717) is 73.7 Å². The summed E-state index contributed by atoms with van der Waals surface area (Å²) in [5.74, 6) is 3.27. The largest absolute Gasteiger partial charge is 0.496 e. The van der Waals surface area contributed by atoms with Gasteiger partial charge in [-0.25, -0.2) is 0 Å². The van der Waals surface area contributed by atoms with E-state index in [1.54, 1.807) is 26.5 Å². The van der Waals surface area contributed by atoms with Gasteiger partial charge >= 0.3 is 0 Å². The second-order valence-electron chi connectivity index (χ2n) is 13.1. The first-order chi connectivity index (χ1) is 26.8. The minimum Gasteiger partial charge on any atom is -0.496 e. The summed E-state index contributed by atoms with van der Waals surface area (Å²) in [7, 11) is 3.23. The van der Waals surface area contributed by atoms with Crippen LogP contribution in [0.15, 0.2) is 79.1 Å². The van der Waals surface area contributed by atoms with E-state index in [2.05, 4.69) is 71.9 Å². The average Bonchev–Trinajstić information content (AvgIpc) is 3.20. The molecular formula is C44H50N4O7. The van der Waals surface area contributed by atoms with Crippen LogP contribution in [-0.2, 0) is 32.9 Å². The first kappa shape index (κ1) is 40.5. The molecule has 1 heterocycles. The third-order valence-electron chi connectivity index (χ3n) is 9.41. The highest BCUT2D eigenvalue weighted by Gasteiger charge is 2.17. The molecule has 0 bridgehead atoms. The lowest BCUT2D eigenvalue weighted by Gasteiger charge is -2.19. The molecule has 0 aliphatic rings. The Bertz CT molecular complexity index is 2070. The van der Waals surface area contributed by atoms with E-state index in [4.69, 9.17) is 28.8 Å². The Hall–Kier alpha value is -5.64. The van der Waals surface area contributed by atoms with Gasteiger partial charge < -0.3 is 44.5 Å². The van der Waals surface area contributed by atoms with Gasteiger partial charge in [-0.2, -0.15) is 5.26 Å². The molecular weight excluding hydrogens is 697 g/mol. The van der Waals surface area contributed by atoms with Crippen molar-refractivity contribution in [3.05, 3.63) is 129 Å². The molecule has 5 aromatic rings. The molecule has 1 aromatic heterocycles. The molecule has 0 atom stereocenters. The zero-order chi connectivity index (χ0) is 39.2. The zero-order valence-corrected chi connectivity index (χ0v) is 32.2. The SMILES string of the molecule is COc1cc(OCc2cccc(-c3cccc(COc4cc(OCc5cncc(C#N)c5)c(CNCCO)cc4C)c3C)c2C)cc(OC)c1CNCCO. The first-order valence-corrected chi connectivity index (χ1v) is 18.2. The standard InChI is InChI=1S/C44H50N4O7/c1-29-16-36(24-46-12-14-49)42(54-26-33-17-32(21-45)22-48-23-33)20-41(29)55-28-35-9-7-11-39(31(35)3)38-10-6-8-34(30(38)2)27-53-37-18-43(51-4)40(25-47-13-15-50)44(19-37)52-5/h6-11,16-20,22-23,46-47,49-50H,12-15,24-28H2,1-5H3. The van der Waals surface area contributed by atoms with E-state index < -0.39 is 0 Å². The summed E-state index contributed by atoms with van der Waals surface area (Å²) in [6.07, 6.45) is 3.21. The number of hydrogen-bond acceptors (Lipinski definition) is 11. The summed E-state index contributed by atoms with van der Waals surface area (Å²) in [5, 5.41) is 34.2. The molecule has 0 saturated heterocycles. The van der Waals surface area contributed by atoms with Crippen molar-refractivity contribution in [3.8, 4) is 45.9 Å². The van der Waals surface area contributed by atoms with Gasteiger partial charge in [0.25, 0.3) is 0 Å². The van der Waals surface area contributed by atoms with Crippen molar-refractivity contribution in [1.82, 2.24) is 15.6 Å². The van der Waals surface area contributed by atoms with Crippen molar-refractivity contribution in [2.24, 2.45) is 0 Å². The van der Waals surface area contributed by atoms with E-state index in [1.807, 2.05) is 31.2 Å². The topological polar surface area (TPSA) is 147 Å². The quantitative estimate of drug-likeness (QED) is 0.0651. The minimum atomic E-state index is 0.0324. The second kappa shape index (κ2) is 20.2. The maximum absolute atomic E-state index is 9.30. The van der Waals surface area contributed by atoms with Crippen molar-refractivity contribution in [2.45, 2.75) is 53.7 Å². The highest BCUT2D eigenvalue weighted by Crippen LogP contribution is 2.36. The maximum Gasteiger partial charge on any atom is 0.130 e. The molecule has 0 aliphatic carbocycles. The molecule has 0 radical (unpaired) electrons. The van der Waals surface area contributed by atoms with Crippen molar-refractivity contribution in [1.29, 1.82) is 5.26 Å². The van der Waals surface area contributed by atoms with E-state index in [9.17, 15) is 10.4 Å². The molecule has 0 unspecified atom stereocenters. The maximum atomic E-state index is 9.30. The van der Waals surface area contributed by atoms with Crippen LogP contribution in [0.25, 0.3) is 11.1 Å². The van der Waals surface area contributed by atoms with Gasteiger partial charge in [0.15, 0.2) is 0 Å². The second-order valence-corrected chi connectivity index (χ2v) is 13.1. The van der Waals surface area contributed by atoms with Crippen molar-refractivity contribution in [3.63, 3.8) is 0 Å². The van der Waals surface area contributed by atoms with E-state index >= 15 is 0 Å². The Morgan fingerprint density at radius 3 is 1.85 bits per heavy atom. The van der Waals surface area contributed by atoms with Crippen molar-refractivity contribution < 1.29 is 33.9 Å². The molecule has 4 aromatic carbocycles. The molecule has 5 rings (SSSR count). The third kappa shape index (κ3) is 10.5. The van der Waals surface area contributed by atoms with Gasteiger partial charge in [-0.15, -0.1) is 0 Å². The molecule has 4 N–H and O–H groups in total. The average molecular weight is 747 g/mol. The molecule has 0 aliphatic heterocycles. The Labute approximate surface area is 323 Å². The number of methoxy groups -OCH3 is 2. The Kier molecular flexibility index (Phi) is 14.9. The van der Waals surface area contributed by atoms with Crippen LogP contribution in [0.3, 0.4) is 0 Å². The van der Waals surface area contributed by atoms with Gasteiger partial charge in [0.1, 0.15) is 54.6 Å². The van der Waals surface area contributed by atoms with Crippen LogP contribution in [0.4, 0.5) is 0 Å². The number of nitrogens with zero attached hydrogens (tertiary/aromatic N) is 2. The van der Waals surface area contributed by atoms with Crippen LogP contribution < -0.4 is 34.3 Å². The molecule has 0 fully saturated rings. The van der Waals surface area contributed by atoms with Gasteiger partial charge in [0.05, 0.1) is 38.6 Å². The number of hydrogen-bond donors (Lipinski definition) is 4. The molecule has 55 heavy (non-hydrogen) atoms. The Morgan fingerprint density at radius 2 is 1.25 bits per heavy atom. The Balaban J connectivity index is 1.33. The van der Waals surface area contributed by atoms with Gasteiger partial charge in [-0.1, -0.05) is 36.4 Å². The molecule has 0 amide bonds. The van der Waals surface area contributed by atoms with Gasteiger partial charge in [-0.3, -0.25) is 4.98 Å². The molecule has 0 saturated carbocycles. The van der Waals surface area contributed by atoms with Crippen LogP contribution in [0.1, 0.15) is 50.1 Å². The van der Waals surface area contributed by atoms with Gasteiger partial charge in [0.2, 0.25) is 0 Å². The number of aliphatic hydroxyl groups is 2. The molecule has 0 spiro atoms. The van der Waals surface area contributed by atoms with Gasteiger partial charge in [-0.05, 0) is 71.8 Å². The van der Waals surface area contributed by atoms with Gasteiger partial charge in [0, 0.05) is 67.9 Å². The van der Waals surface area contributed by atoms with E-state index in [-0.39, 0.29) is 19.8 Å². The summed E-state index contributed by atoms with van der Waals surface area (Å²) in [4.78, 5) is 4.15. The first-order valence-electron chi connectivity index (χ1n) is 18.2. The summed E-state index contributed by atoms with van der Waals surface area (Å²) >= 11 is 0. The number of aromatic nitrogens is 1. The van der Waals surface area contributed by atoms with Crippen molar-refractivity contribution >= 4 is 0 Å². The van der Waals surface area contributed by atoms with Crippen LogP contribution in [0.5, 0.6) is 28.7 Å². The Morgan fingerprint density at radius 1 is 0.655 bits per heavy atom. The molecule has 11 heteroatoms. The number of pyridine rings is 1. The monoisotopic (exact) mass is 746 g/mol. The predicted molar refractivity (Wildman–Crippen MR) is 212 cm³/mol. The third-order valence-corrected chi connectivity index (χ3v) is 9.41. The summed E-state index contributed by atoms with van der Waals surface area (Å²) in [6, 6.07) is 24.1. The lowest BCUT2D eigenvalue weighted by molar-refractivity contribution is 0.281. The number of nitrogens with one attached hydrogen (secondary N) is 2. The number of aryl methyl sites for hydroxylation is 1. The normalized spacial score (nSPS) is 10.9. The van der Waals surface area contributed by atoms with Crippen LogP contribution >= 0.6 is 0 Å². The fourth-order valence-electron chi connectivity index (χ4n) is 6.34. The highest BCUT2D eigenvalue weighted by molar-refractivity contribution is 5.72. The summed E-state index contributed by atoms with van der Waals surface area (Å²) in [5.41, 5.74) is 10.6. The lowest BCUT2D eigenvalue weighted by atomic mass is 9.92. The smallest absolute Gasteiger partial charge is 0.130 e. The number of nitriles is 1. The van der Waals surface area contributed by atoms with E-state index in [0.717, 1.165) is 55.6 Å². The van der Waals surface area contributed by atoms with Crippen LogP contribution in [0, 0.1) is 32.1 Å². The number of ether oxygens (including phenoxy) is 5. The summed E-state index contributed by atoms with van der Waals surface area (Å²) in [6.45, 7) is 9.18. The van der Waals surface area contributed by atoms with E-state index in [1.165, 1.54) is 6.20 Å². The predicted octanol–water partition coefficient (Wildman–Crippen LogP) is 6.46. The fraction of sp³-hybridized carbons (Fsp3) is 0.318. The highest BCUT2D eigenvalue weighted by atomic mass is 16.5. The zero-order valence-electron chi connectivity index (χ0n) is 32.2. The number of aliphatic hydroxyl groups excluding tert-OH is 2. The molecule has 288 valence electrons. The van der Waals surface area contributed by atoms with Crippen LogP contribution in [-0.4, -0.2) is 55.7 Å².